The van der Waals surface area contributed by atoms with Gasteiger partial charge in [-0.1, -0.05) is 33.6 Å². The average molecular weight is 253 g/mol. The maximum atomic E-state index is 6.53. The van der Waals surface area contributed by atoms with E-state index in [0.717, 1.165) is 17.8 Å². The second kappa shape index (κ2) is 5.92. The van der Waals surface area contributed by atoms with Gasteiger partial charge < -0.3 is 10.5 Å². The van der Waals surface area contributed by atoms with E-state index in [-0.39, 0.29) is 5.60 Å². The summed E-state index contributed by atoms with van der Waals surface area (Å²) in [6.07, 6.45) is 9.24. The number of rotatable bonds is 3. The largest absolute Gasteiger partial charge is 0.370 e. The van der Waals surface area contributed by atoms with Crippen LogP contribution in [0.15, 0.2) is 0 Å². The molecule has 2 N–H and O–H groups in total. The number of hydrogen-bond acceptors (Lipinski definition) is 2. The molecule has 2 nitrogen and oxygen atoms in total. The Morgan fingerprint density at radius 3 is 2.50 bits per heavy atom. The van der Waals surface area contributed by atoms with E-state index in [0.29, 0.717) is 12.6 Å². The van der Waals surface area contributed by atoms with Gasteiger partial charge >= 0.3 is 0 Å². The van der Waals surface area contributed by atoms with Crippen molar-refractivity contribution in [3.8, 4) is 0 Å². The van der Waals surface area contributed by atoms with Crippen molar-refractivity contribution in [2.45, 2.75) is 77.4 Å². The molecule has 0 aromatic rings. The van der Waals surface area contributed by atoms with E-state index < -0.39 is 0 Å². The van der Waals surface area contributed by atoms with Crippen molar-refractivity contribution in [1.29, 1.82) is 0 Å². The average Bonchev–Trinajstić information content (AvgIpc) is 2.34. The molecule has 106 valence electrons. The van der Waals surface area contributed by atoms with E-state index in [1.165, 1.54) is 44.9 Å². The zero-order valence-corrected chi connectivity index (χ0v) is 12.5. The van der Waals surface area contributed by atoms with Gasteiger partial charge in [0.05, 0.1) is 11.7 Å². The lowest BCUT2D eigenvalue weighted by Gasteiger charge is -2.44. The van der Waals surface area contributed by atoms with Gasteiger partial charge in [0.1, 0.15) is 0 Å². The van der Waals surface area contributed by atoms with Gasteiger partial charge in [-0.15, -0.1) is 0 Å². The highest BCUT2D eigenvalue weighted by molar-refractivity contribution is 4.90. The van der Waals surface area contributed by atoms with Gasteiger partial charge in [-0.05, 0) is 49.9 Å². The monoisotopic (exact) mass is 253 g/mol. The first-order valence-electron chi connectivity index (χ1n) is 7.92. The molecule has 2 heteroatoms. The maximum Gasteiger partial charge on any atom is 0.0810 e. The van der Waals surface area contributed by atoms with Crippen LogP contribution in [0.2, 0.25) is 0 Å². The summed E-state index contributed by atoms with van der Waals surface area (Å²) in [6.45, 7) is 7.80. The molecule has 0 heterocycles. The van der Waals surface area contributed by atoms with Crippen molar-refractivity contribution >= 4 is 0 Å². The quantitative estimate of drug-likeness (QED) is 0.831. The summed E-state index contributed by atoms with van der Waals surface area (Å²) in [5, 5.41) is 0. The van der Waals surface area contributed by atoms with E-state index in [9.17, 15) is 0 Å². The van der Waals surface area contributed by atoms with Crippen LogP contribution >= 0.6 is 0 Å². The van der Waals surface area contributed by atoms with E-state index in [2.05, 4.69) is 20.8 Å². The molecule has 0 bridgehead atoms. The SMILES string of the molecule is CC1CCCC(CN)(OC2CCC(C)C(C)C2)C1. The number of hydrogen-bond donors (Lipinski definition) is 1. The maximum absolute atomic E-state index is 6.53. The third-order valence-corrected chi connectivity index (χ3v) is 5.39. The minimum atomic E-state index is 0.00261. The van der Waals surface area contributed by atoms with Crippen LogP contribution in [0.4, 0.5) is 0 Å². The molecule has 2 fully saturated rings. The number of ether oxygens (including phenoxy) is 1. The lowest BCUT2D eigenvalue weighted by Crippen LogP contribution is -2.48. The highest BCUT2D eigenvalue weighted by Crippen LogP contribution is 2.39. The molecule has 2 aliphatic carbocycles. The van der Waals surface area contributed by atoms with Crippen molar-refractivity contribution in [2.75, 3.05) is 6.54 Å². The van der Waals surface area contributed by atoms with Gasteiger partial charge in [-0.2, -0.15) is 0 Å². The van der Waals surface area contributed by atoms with E-state index in [1.807, 2.05) is 0 Å². The van der Waals surface area contributed by atoms with Crippen molar-refractivity contribution in [3.63, 3.8) is 0 Å². The zero-order valence-electron chi connectivity index (χ0n) is 12.5. The van der Waals surface area contributed by atoms with Crippen LogP contribution in [-0.2, 0) is 4.74 Å². The second-order valence-electron chi connectivity index (χ2n) is 7.10. The molecule has 18 heavy (non-hydrogen) atoms. The molecule has 5 atom stereocenters. The van der Waals surface area contributed by atoms with Crippen LogP contribution in [0.1, 0.15) is 65.7 Å². The Kier molecular flexibility index (Phi) is 4.71. The molecular weight excluding hydrogens is 222 g/mol. The molecule has 0 radical (unpaired) electrons. The minimum absolute atomic E-state index is 0.00261. The van der Waals surface area contributed by atoms with Crippen LogP contribution in [0.3, 0.4) is 0 Å². The normalized spacial score (nSPS) is 46.0. The Balaban J connectivity index is 1.93. The van der Waals surface area contributed by atoms with Gasteiger partial charge in [-0.3, -0.25) is 0 Å². The predicted molar refractivity (Wildman–Crippen MR) is 76.5 cm³/mol. The fourth-order valence-corrected chi connectivity index (χ4v) is 3.91. The molecule has 0 amide bonds. The summed E-state index contributed by atoms with van der Waals surface area (Å²) in [7, 11) is 0. The van der Waals surface area contributed by atoms with E-state index in [1.54, 1.807) is 0 Å². The number of nitrogens with two attached hydrogens (primary N) is 1. The summed E-state index contributed by atoms with van der Waals surface area (Å²) in [6, 6.07) is 0. The highest BCUT2D eigenvalue weighted by Gasteiger charge is 2.38. The zero-order chi connectivity index (χ0) is 13.2. The molecule has 0 saturated heterocycles. The fraction of sp³-hybridized carbons (Fsp3) is 1.00. The van der Waals surface area contributed by atoms with Crippen molar-refractivity contribution < 1.29 is 4.74 Å². The Bertz CT molecular complexity index is 268. The molecule has 5 unspecified atom stereocenters. The minimum Gasteiger partial charge on any atom is -0.370 e. The molecule has 0 aromatic heterocycles. The van der Waals surface area contributed by atoms with Gasteiger partial charge in [0, 0.05) is 6.54 Å². The first kappa shape index (κ1) is 14.3. The molecular formula is C16H31NO. The van der Waals surface area contributed by atoms with Gasteiger partial charge in [-0.25, -0.2) is 0 Å². The van der Waals surface area contributed by atoms with Crippen LogP contribution in [-0.4, -0.2) is 18.2 Å². The first-order chi connectivity index (χ1) is 8.54. The Labute approximate surface area is 113 Å². The Morgan fingerprint density at radius 1 is 1.11 bits per heavy atom. The smallest absolute Gasteiger partial charge is 0.0810 e. The van der Waals surface area contributed by atoms with Crippen LogP contribution in [0, 0.1) is 17.8 Å². The highest BCUT2D eigenvalue weighted by atomic mass is 16.5. The van der Waals surface area contributed by atoms with E-state index in [4.69, 9.17) is 10.5 Å². The molecule has 2 aliphatic rings. The lowest BCUT2D eigenvalue weighted by atomic mass is 9.77. The summed E-state index contributed by atoms with van der Waals surface area (Å²) in [5.74, 6) is 2.45. The topological polar surface area (TPSA) is 35.2 Å². The summed E-state index contributed by atoms with van der Waals surface area (Å²) >= 11 is 0. The van der Waals surface area contributed by atoms with Crippen LogP contribution in [0.25, 0.3) is 0 Å². The van der Waals surface area contributed by atoms with E-state index >= 15 is 0 Å². The van der Waals surface area contributed by atoms with Crippen molar-refractivity contribution in [1.82, 2.24) is 0 Å². The second-order valence-corrected chi connectivity index (χ2v) is 7.10. The van der Waals surface area contributed by atoms with Gasteiger partial charge in [0.15, 0.2) is 0 Å². The summed E-state index contributed by atoms with van der Waals surface area (Å²) in [4.78, 5) is 0. The van der Waals surface area contributed by atoms with Crippen molar-refractivity contribution in [3.05, 3.63) is 0 Å². The lowest BCUT2D eigenvalue weighted by molar-refractivity contribution is -0.134. The third-order valence-electron chi connectivity index (χ3n) is 5.39. The van der Waals surface area contributed by atoms with Gasteiger partial charge in [0.2, 0.25) is 0 Å². The molecule has 0 aromatic carbocycles. The molecule has 2 rings (SSSR count). The van der Waals surface area contributed by atoms with Crippen molar-refractivity contribution in [2.24, 2.45) is 23.5 Å². The summed E-state index contributed by atoms with van der Waals surface area (Å²) in [5.41, 5.74) is 6.06. The Hall–Kier alpha value is -0.0800. The Morgan fingerprint density at radius 2 is 1.89 bits per heavy atom. The van der Waals surface area contributed by atoms with Crippen LogP contribution in [0.5, 0.6) is 0 Å². The standard InChI is InChI=1S/C16H31NO/c1-12-5-4-8-16(10-12,11-17)18-15-7-6-13(2)14(3)9-15/h12-15H,4-11,17H2,1-3H3. The first-order valence-corrected chi connectivity index (χ1v) is 7.92. The predicted octanol–water partition coefficient (Wildman–Crippen LogP) is 3.74. The molecule has 2 saturated carbocycles. The van der Waals surface area contributed by atoms with Crippen LogP contribution < -0.4 is 5.73 Å². The van der Waals surface area contributed by atoms with Gasteiger partial charge in [0.25, 0.3) is 0 Å². The molecule has 0 spiro atoms. The molecule has 0 aliphatic heterocycles. The summed E-state index contributed by atoms with van der Waals surface area (Å²) < 4.78 is 6.53. The fourth-order valence-electron chi connectivity index (χ4n) is 3.91. The third kappa shape index (κ3) is 3.27.